The van der Waals surface area contributed by atoms with E-state index >= 15 is 0 Å². The number of hydrogen-bond acceptors (Lipinski definition) is 4. The van der Waals surface area contributed by atoms with Gasteiger partial charge >= 0.3 is 5.97 Å². The van der Waals surface area contributed by atoms with Crippen molar-refractivity contribution in [2.75, 3.05) is 13.1 Å². The summed E-state index contributed by atoms with van der Waals surface area (Å²) in [7, 11) is 0. The first-order valence-electron chi connectivity index (χ1n) is 10.4. The zero-order chi connectivity index (χ0) is 24.1. The first kappa shape index (κ1) is 24.4. The molecule has 2 atom stereocenters. The van der Waals surface area contributed by atoms with Crippen LogP contribution in [0, 0.1) is 5.82 Å². The predicted octanol–water partition coefficient (Wildman–Crippen LogP) is 2.90. The Morgan fingerprint density at radius 2 is 1.88 bits per heavy atom. The minimum atomic E-state index is -1.21. The van der Waals surface area contributed by atoms with Gasteiger partial charge in [-0.05, 0) is 48.2 Å². The van der Waals surface area contributed by atoms with Crippen molar-refractivity contribution in [2.45, 2.75) is 31.9 Å². The summed E-state index contributed by atoms with van der Waals surface area (Å²) in [5.41, 5.74) is 2.72. The van der Waals surface area contributed by atoms with E-state index in [9.17, 15) is 29.0 Å². The fourth-order valence-electron chi connectivity index (χ4n) is 3.60. The Balaban J connectivity index is 1.65. The highest BCUT2D eigenvalue weighted by Gasteiger charge is 2.23. The summed E-state index contributed by atoms with van der Waals surface area (Å²) in [4.78, 5) is 37.6. The number of halogens is 2. The van der Waals surface area contributed by atoms with E-state index in [1.165, 1.54) is 13.0 Å². The maximum absolute atomic E-state index is 13.2. The van der Waals surface area contributed by atoms with Crippen LogP contribution in [0.3, 0.4) is 0 Å². The van der Waals surface area contributed by atoms with Crippen LogP contribution in [-0.2, 0) is 16.0 Å². The number of hydrogen-bond donors (Lipinski definition) is 3. The molecule has 3 rings (SSSR count). The van der Waals surface area contributed by atoms with E-state index in [2.05, 4.69) is 5.32 Å². The third kappa shape index (κ3) is 6.18. The van der Waals surface area contributed by atoms with Crippen LogP contribution in [-0.4, -0.2) is 58.1 Å². The number of carbonyl (C=O) groups excluding carboxylic acids is 2. The zero-order valence-electron chi connectivity index (χ0n) is 17.9. The molecular formula is C24H24ClFN2O5. The Morgan fingerprint density at radius 3 is 2.42 bits per heavy atom. The topological polar surface area (TPSA) is 107 Å². The van der Waals surface area contributed by atoms with Gasteiger partial charge in [0.05, 0.1) is 10.6 Å². The van der Waals surface area contributed by atoms with E-state index in [1.54, 1.807) is 17.0 Å². The molecule has 0 aliphatic carbocycles. The molecule has 9 heteroatoms. The van der Waals surface area contributed by atoms with Gasteiger partial charge in [0.15, 0.2) is 0 Å². The summed E-state index contributed by atoms with van der Waals surface area (Å²) in [5, 5.41) is 21.3. The van der Waals surface area contributed by atoms with Crippen LogP contribution in [0.4, 0.5) is 4.39 Å². The quantitative estimate of drug-likeness (QED) is 0.572. The van der Waals surface area contributed by atoms with Gasteiger partial charge in [-0.2, -0.15) is 0 Å². The summed E-state index contributed by atoms with van der Waals surface area (Å²) in [6.45, 7) is 2.37. The van der Waals surface area contributed by atoms with Gasteiger partial charge in [-0.15, -0.1) is 0 Å². The van der Waals surface area contributed by atoms with Crippen molar-refractivity contribution in [1.82, 2.24) is 10.2 Å². The van der Waals surface area contributed by atoms with Gasteiger partial charge in [0.1, 0.15) is 18.0 Å². The molecule has 0 spiro atoms. The molecule has 0 aromatic heterocycles. The van der Waals surface area contributed by atoms with Gasteiger partial charge in [-0.1, -0.05) is 41.9 Å². The van der Waals surface area contributed by atoms with Crippen molar-refractivity contribution in [3.8, 4) is 0 Å². The number of benzene rings is 2. The first-order valence-corrected chi connectivity index (χ1v) is 10.8. The van der Waals surface area contributed by atoms with Crippen LogP contribution < -0.4 is 5.32 Å². The van der Waals surface area contributed by atoms with Gasteiger partial charge in [-0.25, -0.2) is 9.18 Å². The molecule has 2 aromatic rings. The normalized spacial score (nSPS) is 15.4. The van der Waals surface area contributed by atoms with Gasteiger partial charge in [0, 0.05) is 19.5 Å². The van der Waals surface area contributed by atoms with Crippen LogP contribution in [0.2, 0.25) is 5.02 Å². The molecule has 7 nitrogen and oxygen atoms in total. The maximum Gasteiger partial charge on any atom is 0.326 e. The Bertz CT molecular complexity index is 1080. The van der Waals surface area contributed by atoms with E-state index in [1.807, 2.05) is 18.2 Å². The van der Waals surface area contributed by atoms with E-state index in [4.69, 9.17) is 11.6 Å². The van der Waals surface area contributed by atoms with Crippen LogP contribution in [0.25, 0.3) is 5.57 Å². The van der Waals surface area contributed by atoms with Gasteiger partial charge in [0.25, 0.3) is 11.8 Å². The number of carboxylic acids is 1. The molecule has 3 N–H and O–H groups in total. The molecule has 2 aromatic carbocycles. The van der Waals surface area contributed by atoms with Crippen LogP contribution in [0.1, 0.15) is 34.8 Å². The molecule has 1 aliphatic heterocycles. The summed E-state index contributed by atoms with van der Waals surface area (Å²) >= 11 is 5.89. The number of aliphatic hydroxyl groups excluding tert-OH is 1. The van der Waals surface area contributed by atoms with Gasteiger partial charge in [0.2, 0.25) is 0 Å². The summed E-state index contributed by atoms with van der Waals surface area (Å²) in [6, 6.07) is 9.38. The van der Waals surface area contributed by atoms with Crippen LogP contribution >= 0.6 is 11.6 Å². The molecule has 0 bridgehead atoms. The van der Waals surface area contributed by atoms with Crippen LogP contribution in [0.5, 0.6) is 0 Å². The number of carbonyl (C=O) groups is 3. The highest BCUT2D eigenvalue weighted by atomic mass is 35.5. The van der Waals surface area contributed by atoms with Crippen molar-refractivity contribution in [3.05, 3.63) is 76.1 Å². The summed E-state index contributed by atoms with van der Waals surface area (Å²) < 4.78 is 13.2. The molecule has 0 unspecified atom stereocenters. The van der Waals surface area contributed by atoms with Crippen molar-refractivity contribution in [1.29, 1.82) is 0 Å². The van der Waals surface area contributed by atoms with E-state index in [-0.39, 0.29) is 22.9 Å². The minimum absolute atomic E-state index is 0.00739. The number of aliphatic carboxylic acids is 1. The molecule has 1 heterocycles. The zero-order valence-corrected chi connectivity index (χ0v) is 18.7. The summed E-state index contributed by atoms with van der Waals surface area (Å²) in [6.07, 6.45) is 1.60. The summed E-state index contributed by atoms with van der Waals surface area (Å²) in [5.74, 6) is -2.80. The number of nitrogens with one attached hydrogen (secondary N) is 1. The van der Waals surface area contributed by atoms with Crippen molar-refractivity contribution in [3.63, 3.8) is 0 Å². The molecule has 0 saturated carbocycles. The second kappa shape index (κ2) is 10.6. The highest BCUT2D eigenvalue weighted by molar-refractivity contribution is 6.33. The third-order valence-corrected chi connectivity index (χ3v) is 5.73. The first-order chi connectivity index (χ1) is 15.7. The molecule has 0 saturated heterocycles. The number of amides is 2. The molecule has 0 fully saturated rings. The Hall–Kier alpha value is -3.23. The van der Waals surface area contributed by atoms with E-state index < -0.39 is 29.8 Å². The number of carboxylic acid groups (broad SMARTS) is 1. The number of rotatable bonds is 7. The van der Waals surface area contributed by atoms with Crippen molar-refractivity contribution in [2.24, 2.45) is 0 Å². The lowest BCUT2D eigenvalue weighted by Crippen LogP contribution is -2.42. The largest absolute Gasteiger partial charge is 0.480 e. The SMILES string of the molecule is C[C@@H](O)C(=O)N1CC=C(c2ccc(C[C@H](NC(=O)c3ccc(F)cc3Cl)C(=O)O)cc2)CC1. The average molecular weight is 475 g/mol. The minimum Gasteiger partial charge on any atom is -0.480 e. The molecular weight excluding hydrogens is 451 g/mol. The smallest absolute Gasteiger partial charge is 0.326 e. The molecule has 0 radical (unpaired) electrons. The van der Waals surface area contributed by atoms with Crippen molar-refractivity contribution < 1.29 is 29.0 Å². The molecule has 2 amide bonds. The lowest BCUT2D eigenvalue weighted by Gasteiger charge is -2.27. The Kier molecular flexibility index (Phi) is 7.84. The fraction of sp³-hybridized carbons (Fsp3) is 0.292. The molecule has 1 aliphatic rings. The fourth-order valence-corrected chi connectivity index (χ4v) is 3.85. The lowest BCUT2D eigenvalue weighted by molar-refractivity contribution is -0.139. The Morgan fingerprint density at radius 1 is 1.18 bits per heavy atom. The maximum atomic E-state index is 13.2. The van der Waals surface area contributed by atoms with E-state index in [0.29, 0.717) is 25.1 Å². The van der Waals surface area contributed by atoms with E-state index in [0.717, 1.165) is 23.3 Å². The monoisotopic (exact) mass is 474 g/mol. The van der Waals surface area contributed by atoms with Crippen LogP contribution in [0.15, 0.2) is 48.5 Å². The van der Waals surface area contributed by atoms with Gasteiger partial charge in [-0.3, -0.25) is 9.59 Å². The Labute approximate surface area is 195 Å². The number of nitrogens with zero attached hydrogens (tertiary/aromatic N) is 1. The lowest BCUT2D eigenvalue weighted by atomic mass is 9.96. The van der Waals surface area contributed by atoms with Crippen molar-refractivity contribution >= 4 is 35.0 Å². The second-order valence-corrected chi connectivity index (χ2v) is 8.24. The third-order valence-electron chi connectivity index (χ3n) is 5.42. The standard InChI is InChI=1S/C24H24ClFN2O5/c1-14(29)23(31)28-10-8-17(9-11-28)16-4-2-15(3-5-16)12-21(24(32)33)27-22(30)19-7-6-18(26)13-20(19)25/h2-8,13-14,21,29H,9-12H2,1H3,(H,27,30)(H,32,33)/t14-,21+/m1/s1. The van der Waals surface area contributed by atoms with Gasteiger partial charge < -0.3 is 20.4 Å². The average Bonchev–Trinajstić information content (AvgIpc) is 2.78. The predicted molar refractivity (Wildman–Crippen MR) is 121 cm³/mol. The molecule has 33 heavy (non-hydrogen) atoms. The number of aliphatic hydroxyl groups is 1. The molecule has 174 valence electrons. The highest BCUT2D eigenvalue weighted by Crippen LogP contribution is 2.23. The second-order valence-electron chi connectivity index (χ2n) is 7.83.